The van der Waals surface area contributed by atoms with Gasteiger partial charge in [-0.15, -0.1) is 11.8 Å². The molecule has 0 aromatic rings. The van der Waals surface area contributed by atoms with E-state index in [0.29, 0.717) is 5.84 Å². The van der Waals surface area contributed by atoms with E-state index in [9.17, 15) is 4.79 Å². The summed E-state index contributed by atoms with van der Waals surface area (Å²) in [6.07, 6.45) is 0. The van der Waals surface area contributed by atoms with Crippen LogP contribution >= 0.6 is 11.8 Å². The zero-order valence-electron chi connectivity index (χ0n) is 8.42. The molecule has 0 spiro atoms. The van der Waals surface area contributed by atoms with Crippen LogP contribution < -0.4 is 5.32 Å². The van der Waals surface area contributed by atoms with E-state index in [4.69, 9.17) is 5.41 Å². The average Bonchev–Trinajstić information content (AvgIpc) is 2.40. The highest BCUT2D eigenvalue weighted by Gasteiger charge is 2.43. The van der Waals surface area contributed by atoms with Crippen LogP contribution in [0, 0.1) is 11.3 Å². The topological polar surface area (TPSA) is 56.2 Å². The molecule has 2 heterocycles. The van der Waals surface area contributed by atoms with Crippen molar-refractivity contribution >= 4 is 23.6 Å². The lowest BCUT2D eigenvalue weighted by atomic mass is 9.97. The van der Waals surface area contributed by atoms with E-state index >= 15 is 0 Å². The van der Waals surface area contributed by atoms with Crippen molar-refractivity contribution in [2.75, 3.05) is 7.05 Å². The van der Waals surface area contributed by atoms with E-state index in [0.717, 1.165) is 0 Å². The Morgan fingerprint density at radius 1 is 1.50 bits per heavy atom. The van der Waals surface area contributed by atoms with Crippen LogP contribution in [-0.4, -0.2) is 29.2 Å². The van der Waals surface area contributed by atoms with Crippen molar-refractivity contribution in [3.05, 3.63) is 10.5 Å². The maximum atomic E-state index is 11.4. The number of carbonyl (C=O) groups excluding carboxylic acids is 1. The van der Waals surface area contributed by atoms with Crippen LogP contribution in [0.2, 0.25) is 0 Å². The highest BCUT2D eigenvalue weighted by molar-refractivity contribution is 8.03. The summed E-state index contributed by atoms with van der Waals surface area (Å²) in [6, 6.07) is -0.175. The largest absolute Gasteiger partial charge is 0.323 e. The fourth-order valence-corrected chi connectivity index (χ4v) is 3.24. The number of amides is 2. The second-order valence-corrected chi connectivity index (χ2v) is 5.01. The molecule has 1 fully saturated rings. The molecule has 2 rings (SSSR count). The number of hydrogen-bond donors (Lipinski definition) is 2. The van der Waals surface area contributed by atoms with Gasteiger partial charge in [-0.2, -0.15) is 0 Å². The van der Waals surface area contributed by atoms with Crippen molar-refractivity contribution in [2.45, 2.75) is 19.2 Å². The molecular weight excluding hydrogens is 198 g/mol. The molecule has 1 saturated heterocycles. The van der Waals surface area contributed by atoms with E-state index in [1.165, 1.54) is 10.5 Å². The highest BCUT2D eigenvalue weighted by Crippen LogP contribution is 2.44. The standard InChI is InChI=1S/C9H13N3OS/c1-4-5(2)14-8-6(4)7(10)11-9(13)12(8)3/h6,8H,1-3H3,(H2,10,11,13). The number of rotatable bonds is 0. The number of nitrogens with one attached hydrogen (secondary N) is 2. The SMILES string of the molecule is CC1=C(C)C2C(=N)NC(=O)N(C)C2S1. The van der Waals surface area contributed by atoms with Crippen LogP contribution in [0.3, 0.4) is 0 Å². The van der Waals surface area contributed by atoms with Crippen LogP contribution in [0.15, 0.2) is 10.5 Å². The molecule has 0 bridgehead atoms. The lowest BCUT2D eigenvalue weighted by Gasteiger charge is -2.35. The van der Waals surface area contributed by atoms with Gasteiger partial charge in [0.25, 0.3) is 0 Å². The molecule has 2 N–H and O–H groups in total. The van der Waals surface area contributed by atoms with Crippen LogP contribution in [0.1, 0.15) is 13.8 Å². The molecule has 0 radical (unpaired) electrons. The van der Waals surface area contributed by atoms with Crippen LogP contribution in [0.4, 0.5) is 4.79 Å². The van der Waals surface area contributed by atoms with Crippen molar-refractivity contribution in [2.24, 2.45) is 5.92 Å². The zero-order valence-corrected chi connectivity index (χ0v) is 9.23. The number of nitrogens with zero attached hydrogens (tertiary/aromatic N) is 1. The summed E-state index contributed by atoms with van der Waals surface area (Å²) in [5.41, 5.74) is 1.21. The Hall–Kier alpha value is -0.970. The minimum Gasteiger partial charge on any atom is -0.314 e. The van der Waals surface area contributed by atoms with Crippen molar-refractivity contribution in [3.63, 3.8) is 0 Å². The molecule has 76 valence electrons. The first-order valence-electron chi connectivity index (χ1n) is 4.48. The third kappa shape index (κ3) is 1.15. The minimum atomic E-state index is -0.175. The van der Waals surface area contributed by atoms with E-state index in [-0.39, 0.29) is 17.3 Å². The van der Waals surface area contributed by atoms with Gasteiger partial charge in [-0.25, -0.2) is 4.79 Å². The third-order valence-corrected chi connectivity index (χ3v) is 4.36. The van der Waals surface area contributed by atoms with Crippen LogP contribution in [0.25, 0.3) is 0 Å². The molecule has 0 aromatic heterocycles. The number of allylic oxidation sites excluding steroid dienone is 1. The van der Waals surface area contributed by atoms with Crippen molar-refractivity contribution in [1.82, 2.24) is 10.2 Å². The molecule has 0 aliphatic carbocycles. The van der Waals surface area contributed by atoms with E-state index < -0.39 is 0 Å². The Morgan fingerprint density at radius 3 is 2.79 bits per heavy atom. The van der Waals surface area contributed by atoms with Crippen LogP contribution in [0.5, 0.6) is 0 Å². The second-order valence-electron chi connectivity index (χ2n) is 3.68. The molecule has 0 aromatic carbocycles. The average molecular weight is 211 g/mol. The van der Waals surface area contributed by atoms with Gasteiger partial charge < -0.3 is 4.90 Å². The summed E-state index contributed by atoms with van der Waals surface area (Å²) in [5.74, 6) is 0.391. The van der Waals surface area contributed by atoms with Gasteiger partial charge in [0.15, 0.2) is 0 Å². The first kappa shape index (κ1) is 9.58. The molecule has 0 saturated carbocycles. The quantitative estimate of drug-likeness (QED) is 0.639. The van der Waals surface area contributed by atoms with E-state index in [1.54, 1.807) is 23.7 Å². The third-order valence-electron chi connectivity index (χ3n) is 2.86. The van der Waals surface area contributed by atoms with Gasteiger partial charge in [-0.3, -0.25) is 10.7 Å². The Kier molecular flexibility index (Phi) is 2.06. The Bertz CT molecular complexity index is 350. The number of hydrogen-bond acceptors (Lipinski definition) is 3. The van der Waals surface area contributed by atoms with Gasteiger partial charge in [0.2, 0.25) is 0 Å². The summed E-state index contributed by atoms with van der Waals surface area (Å²) in [5, 5.41) is 10.4. The Labute approximate surface area is 87.2 Å². The smallest absolute Gasteiger partial charge is 0.314 e. The normalized spacial score (nSPS) is 32.1. The van der Waals surface area contributed by atoms with E-state index in [1.807, 2.05) is 13.8 Å². The highest BCUT2D eigenvalue weighted by atomic mass is 32.2. The molecule has 2 atom stereocenters. The first-order chi connectivity index (χ1) is 6.52. The number of fused-ring (bicyclic) bond motifs is 1. The molecule has 2 unspecified atom stereocenters. The number of carbonyl (C=O) groups is 1. The molecule has 2 aliphatic rings. The van der Waals surface area contributed by atoms with E-state index in [2.05, 4.69) is 5.32 Å². The van der Waals surface area contributed by atoms with Gasteiger partial charge >= 0.3 is 6.03 Å². The van der Waals surface area contributed by atoms with Gasteiger partial charge in [0, 0.05) is 7.05 Å². The van der Waals surface area contributed by atoms with Gasteiger partial charge in [0.05, 0.1) is 11.3 Å². The molecule has 14 heavy (non-hydrogen) atoms. The maximum absolute atomic E-state index is 11.4. The lowest BCUT2D eigenvalue weighted by molar-refractivity contribution is 0.200. The predicted molar refractivity (Wildman–Crippen MR) is 57.3 cm³/mol. The van der Waals surface area contributed by atoms with Crippen molar-refractivity contribution < 1.29 is 4.79 Å². The zero-order chi connectivity index (χ0) is 10.5. The monoisotopic (exact) mass is 211 g/mol. The number of urea groups is 1. The first-order valence-corrected chi connectivity index (χ1v) is 5.36. The van der Waals surface area contributed by atoms with Crippen molar-refractivity contribution in [1.29, 1.82) is 5.41 Å². The van der Waals surface area contributed by atoms with Gasteiger partial charge in [-0.05, 0) is 18.8 Å². The molecule has 5 heteroatoms. The molecular formula is C9H13N3OS. The van der Waals surface area contributed by atoms with Gasteiger partial charge in [-0.1, -0.05) is 5.57 Å². The van der Waals surface area contributed by atoms with Crippen molar-refractivity contribution in [3.8, 4) is 0 Å². The summed E-state index contributed by atoms with van der Waals surface area (Å²) in [4.78, 5) is 14.3. The molecule has 4 nitrogen and oxygen atoms in total. The lowest BCUT2D eigenvalue weighted by Crippen LogP contribution is -2.56. The fourth-order valence-electron chi connectivity index (χ4n) is 1.83. The Balaban J connectivity index is 2.35. The molecule has 2 aliphatic heterocycles. The Morgan fingerprint density at radius 2 is 2.14 bits per heavy atom. The summed E-state index contributed by atoms with van der Waals surface area (Å²) in [7, 11) is 1.78. The van der Waals surface area contributed by atoms with Crippen LogP contribution in [-0.2, 0) is 0 Å². The minimum absolute atomic E-state index is 0.0581. The van der Waals surface area contributed by atoms with Gasteiger partial charge in [0.1, 0.15) is 5.84 Å². The fraction of sp³-hybridized carbons (Fsp3) is 0.556. The number of thioether (sulfide) groups is 1. The molecule has 2 amide bonds. The predicted octanol–water partition coefficient (Wildman–Crippen LogP) is 1.60. The maximum Gasteiger partial charge on any atom is 0.323 e. The summed E-state index contributed by atoms with van der Waals surface area (Å²) >= 11 is 1.68. The summed E-state index contributed by atoms with van der Waals surface area (Å²) in [6.45, 7) is 4.08. The number of amidine groups is 1. The summed E-state index contributed by atoms with van der Waals surface area (Å²) < 4.78 is 0. The second kappa shape index (κ2) is 3.02.